The van der Waals surface area contributed by atoms with Crippen LogP contribution >= 0.6 is 0 Å². The van der Waals surface area contributed by atoms with Crippen LogP contribution in [-0.2, 0) is 33.1 Å². The minimum atomic E-state index is -4.33. The molecule has 0 aliphatic heterocycles. The van der Waals surface area contributed by atoms with Gasteiger partial charge in [0.05, 0.1) is 9.79 Å². The van der Waals surface area contributed by atoms with Crippen LogP contribution in [0, 0.1) is 0 Å². The number of hydrogen-bond acceptors (Lipinski definition) is 6. The van der Waals surface area contributed by atoms with Crippen molar-refractivity contribution in [3.63, 3.8) is 0 Å². The summed E-state index contributed by atoms with van der Waals surface area (Å²) in [5.74, 6) is 0. The summed E-state index contributed by atoms with van der Waals surface area (Å²) in [6.45, 7) is 4.58. The first-order valence-corrected chi connectivity index (χ1v) is 34.0. The second kappa shape index (κ2) is 53.8. The SMILES string of the molecule is CCCCCCCCCCCCCCCCCCCCCCCCCCc1ccc(S(=O)(=O)[O-])cc1.CCCCCCCCCCCCCCCCCCCCCCCCCCc1ccc(S(=O)(=O)[O-])cc1.[Ba+2]. The van der Waals surface area contributed by atoms with Gasteiger partial charge < -0.3 is 9.11 Å². The molecule has 0 radical (unpaired) electrons. The molecule has 0 N–H and O–H groups in total. The topological polar surface area (TPSA) is 114 Å². The van der Waals surface area contributed by atoms with E-state index in [1.54, 1.807) is 24.3 Å². The first kappa shape index (κ1) is 72.8. The van der Waals surface area contributed by atoms with E-state index < -0.39 is 20.2 Å². The summed E-state index contributed by atoms with van der Waals surface area (Å²) in [6.07, 6.45) is 69.1. The van der Waals surface area contributed by atoms with Crippen molar-refractivity contribution in [3.05, 3.63) is 59.7 Å². The second-order valence-corrected chi connectivity index (χ2v) is 24.7. The number of hydrogen-bond donors (Lipinski definition) is 0. The molecule has 420 valence electrons. The minimum absolute atomic E-state index is 0. The Labute approximate surface area is 494 Å². The standard InChI is InChI=1S/2C32H58O3S.Ba/c2*1-2-3-4-5-6-7-8-9-10-11-12-13-14-15-16-17-18-19-20-21-22-23-24-25-26-31-27-29-32(30-28-31)36(33,34)35;/h2*27-30H,2-26H2,1H3,(H,33,34,35);/q;;+2/p-2. The van der Waals surface area contributed by atoms with Gasteiger partial charge in [0.1, 0.15) is 20.2 Å². The van der Waals surface area contributed by atoms with Crippen molar-refractivity contribution in [2.75, 3.05) is 0 Å². The quantitative estimate of drug-likeness (QED) is 0.0370. The first-order valence-electron chi connectivity index (χ1n) is 31.2. The van der Waals surface area contributed by atoms with E-state index in [-0.39, 0.29) is 58.7 Å². The molecule has 2 rings (SSSR count). The molecule has 0 fully saturated rings. The number of rotatable bonds is 52. The molecule has 0 spiro atoms. The molecule has 0 heterocycles. The summed E-state index contributed by atoms with van der Waals surface area (Å²) in [5, 5.41) is 0. The Morgan fingerprint density at radius 3 is 0.521 bits per heavy atom. The molecule has 2 aromatic carbocycles. The molecule has 0 atom stereocenters. The van der Waals surface area contributed by atoms with Crippen molar-refractivity contribution in [2.24, 2.45) is 0 Å². The Morgan fingerprint density at radius 1 is 0.247 bits per heavy atom. The molecule has 0 amide bonds. The summed E-state index contributed by atoms with van der Waals surface area (Å²) in [6, 6.07) is 12.8. The Kier molecular flexibility index (Phi) is 53.7. The van der Waals surface area contributed by atoms with E-state index in [9.17, 15) is 25.9 Å². The summed E-state index contributed by atoms with van der Waals surface area (Å²) in [7, 11) is -8.65. The Bertz CT molecular complexity index is 1520. The number of aryl methyl sites for hydroxylation is 2. The molecule has 73 heavy (non-hydrogen) atoms. The molecule has 2 aromatic rings. The zero-order chi connectivity index (χ0) is 52.3. The van der Waals surface area contributed by atoms with Crippen LogP contribution in [0.1, 0.15) is 333 Å². The van der Waals surface area contributed by atoms with Gasteiger partial charge in [0, 0.05) is 0 Å². The van der Waals surface area contributed by atoms with Crippen LogP contribution in [0.25, 0.3) is 0 Å². The van der Waals surface area contributed by atoms with E-state index in [2.05, 4.69) is 13.8 Å². The van der Waals surface area contributed by atoms with Crippen LogP contribution in [0.2, 0.25) is 0 Å². The van der Waals surface area contributed by atoms with Gasteiger partial charge in [-0.15, -0.1) is 0 Å². The summed E-state index contributed by atoms with van der Waals surface area (Å²) >= 11 is 0. The predicted molar refractivity (Wildman–Crippen MR) is 315 cm³/mol. The summed E-state index contributed by atoms with van der Waals surface area (Å²) in [5.41, 5.74) is 2.22. The fourth-order valence-electron chi connectivity index (χ4n) is 10.2. The van der Waals surface area contributed by atoms with Gasteiger partial charge in [0.15, 0.2) is 0 Å². The van der Waals surface area contributed by atoms with Gasteiger partial charge in [-0.1, -0.05) is 333 Å². The van der Waals surface area contributed by atoms with Crippen LogP contribution in [0.5, 0.6) is 0 Å². The van der Waals surface area contributed by atoms with E-state index >= 15 is 0 Å². The fraction of sp³-hybridized carbons (Fsp3) is 0.812. The third-order valence-electron chi connectivity index (χ3n) is 15.1. The van der Waals surface area contributed by atoms with Crippen molar-refractivity contribution < 1.29 is 25.9 Å². The van der Waals surface area contributed by atoms with Gasteiger partial charge in [0.2, 0.25) is 0 Å². The Morgan fingerprint density at radius 2 is 0.384 bits per heavy atom. The van der Waals surface area contributed by atoms with Gasteiger partial charge in [-0.25, -0.2) is 16.8 Å². The largest absolute Gasteiger partial charge is 2.00 e. The van der Waals surface area contributed by atoms with E-state index in [0.717, 1.165) is 36.8 Å². The van der Waals surface area contributed by atoms with Crippen LogP contribution in [0.15, 0.2) is 58.3 Å². The van der Waals surface area contributed by atoms with Gasteiger partial charge in [0.25, 0.3) is 0 Å². The normalized spacial score (nSPS) is 11.7. The predicted octanol–water partition coefficient (Wildman–Crippen LogP) is 20.7. The molecule has 0 saturated heterocycles. The molecular formula is C64H114BaO6S2. The molecule has 0 saturated carbocycles. The van der Waals surface area contributed by atoms with Crippen LogP contribution in [0.3, 0.4) is 0 Å². The molecule has 0 bridgehead atoms. The van der Waals surface area contributed by atoms with Gasteiger partial charge in [-0.3, -0.25) is 0 Å². The average Bonchev–Trinajstić information content (AvgIpc) is 3.36. The van der Waals surface area contributed by atoms with Crippen molar-refractivity contribution in [3.8, 4) is 0 Å². The van der Waals surface area contributed by atoms with E-state index in [1.807, 2.05) is 0 Å². The first-order chi connectivity index (χ1) is 35.1. The van der Waals surface area contributed by atoms with E-state index in [1.165, 1.54) is 320 Å². The summed E-state index contributed by atoms with van der Waals surface area (Å²) in [4.78, 5) is -0.267. The Balaban J connectivity index is 0.00000140. The second-order valence-electron chi connectivity index (χ2n) is 22.0. The number of unbranched alkanes of at least 4 members (excludes halogenated alkanes) is 46. The fourth-order valence-corrected chi connectivity index (χ4v) is 11.2. The van der Waals surface area contributed by atoms with Crippen LogP contribution in [-0.4, -0.2) is 74.8 Å². The zero-order valence-electron chi connectivity index (χ0n) is 47.9. The smallest absolute Gasteiger partial charge is 0.744 e. The zero-order valence-corrected chi connectivity index (χ0v) is 54.0. The van der Waals surface area contributed by atoms with Gasteiger partial charge >= 0.3 is 48.9 Å². The number of benzene rings is 2. The summed E-state index contributed by atoms with van der Waals surface area (Å²) < 4.78 is 65.8. The maximum atomic E-state index is 11.0. The average molecular weight is 1180 g/mol. The molecule has 0 aliphatic rings. The molecule has 0 aliphatic carbocycles. The molecule has 6 nitrogen and oxygen atoms in total. The molecule has 0 aromatic heterocycles. The third-order valence-corrected chi connectivity index (χ3v) is 16.8. The maximum absolute atomic E-state index is 11.0. The Hall–Kier alpha value is -0.169. The van der Waals surface area contributed by atoms with E-state index in [4.69, 9.17) is 0 Å². The molecular weight excluding hydrogens is 1070 g/mol. The van der Waals surface area contributed by atoms with Crippen LogP contribution in [0.4, 0.5) is 0 Å². The van der Waals surface area contributed by atoms with E-state index in [0.29, 0.717) is 0 Å². The van der Waals surface area contributed by atoms with Gasteiger partial charge in [-0.05, 0) is 61.1 Å². The minimum Gasteiger partial charge on any atom is -0.744 e. The third kappa shape index (κ3) is 49.8. The van der Waals surface area contributed by atoms with Crippen LogP contribution < -0.4 is 0 Å². The van der Waals surface area contributed by atoms with Crippen molar-refractivity contribution in [2.45, 2.75) is 345 Å². The monoisotopic (exact) mass is 1180 g/mol. The van der Waals surface area contributed by atoms with Crippen molar-refractivity contribution in [1.29, 1.82) is 0 Å². The van der Waals surface area contributed by atoms with Crippen molar-refractivity contribution >= 4 is 69.1 Å². The maximum Gasteiger partial charge on any atom is 2.00 e. The molecule has 0 unspecified atom stereocenters. The van der Waals surface area contributed by atoms with Crippen molar-refractivity contribution in [1.82, 2.24) is 0 Å². The van der Waals surface area contributed by atoms with Gasteiger partial charge in [-0.2, -0.15) is 0 Å². The molecule has 9 heteroatoms.